The van der Waals surface area contributed by atoms with Crippen LogP contribution in [0, 0.1) is 0 Å². The van der Waals surface area contributed by atoms with Gasteiger partial charge in [0.05, 0.1) is 11.4 Å². The Morgan fingerprint density at radius 2 is 2.18 bits per heavy atom. The number of rotatable bonds is 2. The highest BCUT2D eigenvalue weighted by Gasteiger charge is 2.50. The first kappa shape index (κ1) is 13.9. The number of halogens is 1. The van der Waals surface area contributed by atoms with Crippen LogP contribution in [-0.2, 0) is 14.3 Å². The SMILES string of the molecule is CC1(C)O[C@@H]2[C@H](O1)C(C=O)=C[C@H]2n1ccc2c(Cl)ncnc21. The van der Waals surface area contributed by atoms with Gasteiger partial charge in [0.1, 0.15) is 35.6 Å². The van der Waals surface area contributed by atoms with Gasteiger partial charge in [-0.3, -0.25) is 4.79 Å². The van der Waals surface area contributed by atoms with E-state index in [1.54, 1.807) is 0 Å². The molecule has 1 aliphatic carbocycles. The summed E-state index contributed by atoms with van der Waals surface area (Å²) >= 11 is 6.10. The lowest BCUT2D eigenvalue weighted by atomic mass is 10.1. The van der Waals surface area contributed by atoms with Crippen molar-refractivity contribution in [3.63, 3.8) is 0 Å². The Labute approximate surface area is 131 Å². The Hall–Kier alpha value is -1.76. The molecule has 2 aromatic heterocycles. The molecule has 0 aromatic carbocycles. The van der Waals surface area contributed by atoms with Crippen molar-refractivity contribution in [3.05, 3.63) is 35.4 Å². The summed E-state index contributed by atoms with van der Waals surface area (Å²) in [6.45, 7) is 3.69. The van der Waals surface area contributed by atoms with Gasteiger partial charge >= 0.3 is 0 Å². The quantitative estimate of drug-likeness (QED) is 0.627. The summed E-state index contributed by atoms with van der Waals surface area (Å²) in [5.74, 6) is -0.717. The van der Waals surface area contributed by atoms with Crippen molar-refractivity contribution < 1.29 is 14.3 Å². The minimum atomic E-state index is -0.717. The van der Waals surface area contributed by atoms with Crippen molar-refractivity contribution in [2.24, 2.45) is 0 Å². The molecule has 1 saturated heterocycles. The topological polar surface area (TPSA) is 66.2 Å². The van der Waals surface area contributed by atoms with Crippen molar-refractivity contribution in [2.75, 3.05) is 0 Å². The van der Waals surface area contributed by atoms with E-state index < -0.39 is 5.79 Å². The van der Waals surface area contributed by atoms with Gasteiger partial charge in [-0.15, -0.1) is 0 Å². The fraction of sp³-hybridized carbons (Fsp3) is 0.400. The molecule has 6 nitrogen and oxygen atoms in total. The summed E-state index contributed by atoms with van der Waals surface area (Å²) in [6.07, 6.45) is 5.38. The summed E-state index contributed by atoms with van der Waals surface area (Å²) in [5.41, 5.74) is 1.31. The lowest BCUT2D eigenvalue weighted by Gasteiger charge is -2.22. The van der Waals surface area contributed by atoms with Crippen LogP contribution < -0.4 is 0 Å². The van der Waals surface area contributed by atoms with E-state index in [9.17, 15) is 4.79 Å². The molecule has 3 atom stereocenters. The molecule has 3 heterocycles. The molecule has 4 rings (SSSR count). The number of hydrogen-bond donors (Lipinski definition) is 0. The van der Waals surface area contributed by atoms with Gasteiger partial charge < -0.3 is 14.0 Å². The van der Waals surface area contributed by atoms with Crippen LogP contribution in [0.4, 0.5) is 0 Å². The molecule has 1 fully saturated rings. The molecule has 0 saturated carbocycles. The number of aldehydes is 1. The molecular weight excluding hydrogens is 306 g/mol. The van der Waals surface area contributed by atoms with Gasteiger partial charge in [-0.2, -0.15) is 0 Å². The molecule has 22 heavy (non-hydrogen) atoms. The van der Waals surface area contributed by atoms with Crippen LogP contribution in [0.2, 0.25) is 5.15 Å². The zero-order valence-corrected chi connectivity index (χ0v) is 12.8. The lowest BCUT2D eigenvalue weighted by Crippen LogP contribution is -2.27. The summed E-state index contributed by atoms with van der Waals surface area (Å²) in [7, 11) is 0. The standard InChI is InChI=1S/C15H14ClN3O3/c1-15(2)21-11-8(6-20)5-10(12(11)22-15)19-4-3-9-13(16)17-7-18-14(9)19/h3-7,10-12H,1-2H3/t10-,11-,12+/m1/s1. The van der Waals surface area contributed by atoms with E-state index in [0.29, 0.717) is 16.4 Å². The van der Waals surface area contributed by atoms with Crippen LogP contribution in [0.3, 0.4) is 0 Å². The maximum Gasteiger partial charge on any atom is 0.164 e. The average Bonchev–Trinajstić information content (AvgIpc) is 3.10. The van der Waals surface area contributed by atoms with Gasteiger partial charge in [-0.05, 0) is 26.0 Å². The zero-order chi connectivity index (χ0) is 15.5. The van der Waals surface area contributed by atoms with E-state index in [1.807, 2.05) is 36.8 Å². The first-order valence-electron chi connectivity index (χ1n) is 7.00. The van der Waals surface area contributed by atoms with Gasteiger partial charge in [0.2, 0.25) is 0 Å². The predicted octanol–water partition coefficient (Wildman–Crippen LogP) is 2.28. The molecular formula is C15H14ClN3O3. The third kappa shape index (κ3) is 1.91. The fourth-order valence-electron chi connectivity index (χ4n) is 3.21. The highest BCUT2D eigenvalue weighted by molar-refractivity contribution is 6.33. The predicted molar refractivity (Wildman–Crippen MR) is 79.5 cm³/mol. The third-order valence-corrected chi connectivity index (χ3v) is 4.38. The summed E-state index contributed by atoms with van der Waals surface area (Å²) in [5, 5.41) is 1.17. The Bertz CT molecular complexity index is 798. The Kier molecular flexibility index (Phi) is 2.91. The average molecular weight is 320 g/mol. The maximum absolute atomic E-state index is 11.3. The van der Waals surface area contributed by atoms with Gasteiger partial charge in [0.25, 0.3) is 0 Å². The third-order valence-electron chi connectivity index (χ3n) is 4.08. The molecule has 0 amide bonds. The number of fused-ring (bicyclic) bond motifs is 2. The number of hydrogen-bond acceptors (Lipinski definition) is 5. The number of aromatic nitrogens is 3. The first-order chi connectivity index (χ1) is 10.5. The van der Waals surface area contributed by atoms with Crippen LogP contribution in [-0.4, -0.2) is 38.8 Å². The zero-order valence-electron chi connectivity index (χ0n) is 12.1. The number of carbonyl (C=O) groups excluding carboxylic acids is 1. The van der Waals surface area contributed by atoms with E-state index >= 15 is 0 Å². The normalized spacial score (nSPS) is 29.6. The van der Waals surface area contributed by atoms with Crippen LogP contribution in [0.5, 0.6) is 0 Å². The number of ether oxygens (including phenoxy) is 2. The van der Waals surface area contributed by atoms with Crippen molar-refractivity contribution >= 4 is 28.9 Å². The molecule has 114 valence electrons. The van der Waals surface area contributed by atoms with Gasteiger partial charge in [-0.25, -0.2) is 9.97 Å². The fourth-order valence-corrected chi connectivity index (χ4v) is 3.40. The van der Waals surface area contributed by atoms with Gasteiger partial charge in [-0.1, -0.05) is 11.6 Å². The van der Waals surface area contributed by atoms with Crippen LogP contribution in [0.1, 0.15) is 19.9 Å². The van der Waals surface area contributed by atoms with Crippen LogP contribution in [0.15, 0.2) is 30.2 Å². The van der Waals surface area contributed by atoms with Gasteiger partial charge in [0.15, 0.2) is 5.79 Å². The smallest absolute Gasteiger partial charge is 0.164 e. The monoisotopic (exact) mass is 319 g/mol. The Morgan fingerprint density at radius 1 is 1.36 bits per heavy atom. The highest BCUT2D eigenvalue weighted by Crippen LogP contribution is 2.43. The number of carbonyl (C=O) groups is 1. The minimum Gasteiger partial charge on any atom is -0.342 e. The Morgan fingerprint density at radius 3 is 2.95 bits per heavy atom. The van der Waals surface area contributed by atoms with Crippen molar-refractivity contribution in [2.45, 2.75) is 37.9 Å². The van der Waals surface area contributed by atoms with Crippen LogP contribution >= 0.6 is 11.6 Å². The van der Waals surface area contributed by atoms with Gasteiger partial charge in [0, 0.05) is 11.8 Å². The molecule has 0 bridgehead atoms. The Balaban J connectivity index is 1.83. The van der Waals surface area contributed by atoms with E-state index in [1.165, 1.54) is 6.33 Å². The summed E-state index contributed by atoms with van der Waals surface area (Å²) < 4.78 is 13.8. The molecule has 2 aliphatic rings. The van der Waals surface area contributed by atoms with Crippen molar-refractivity contribution in [1.82, 2.24) is 14.5 Å². The first-order valence-corrected chi connectivity index (χ1v) is 7.37. The van der Waals surface area contributed by atoms with Crippen molar-refractivity contribution in [1.29, 1.82) is 0 Å². The second-order valence-corrected chi connectivity index (χ2v) is 6.28. The van der Waals surface area contributed by atoms with E-state index in [2.05, 4.69) is 9.97 Å². The molecule has 0 spiro atoms. The highest BCUT2D eigenvalue weighted by atomic mass is 35.5. The molecule has 1 aliphatic heterocycles. The van der Waals surface area contributed by atoms with E-state index in [-0.39, 0.29) is 18.2 Å². The summed E-state index contributed by atoms with van der Waals surface area (Å²) in [4.78, 5) is 19.6. The molecule has 0 radical (unpaired) electrons. The molecule has 0 N–H and O–H groups in total. The van der Waals surface area contributed by atoms with E-state index in [4.69, 9.17) is 21.1 Å². The number of nitrogens with zero attached hydrogens (tertiary/aromatic N) is 3. The minimum absolute atomic E-state index is 0.171. The summed E-state index contributed by atoms with van der Waals surface area (Å²) in [6, 6.07) is 1.69. The second-order valence-electron chi connectivity index (χ2n) is 5.92. The second kappa shape index (κ2) is 4.62. The lowest BCUT2D eigenvalue weighted by molar-refractivity contribution is -0.148. The maximum atomic E-state index is 11.3. The van der Waals surface area contributed by atoms with E-state index in [0.717, 1.165) is 11.7 Å². The largest absolute Gasteiger partial charge is 0.342 e. The van der Waals surface area contributed by atoms with Crippen LogP contribution in [0.25, 0.3) is 11.0 Å². The molecule has 7 heteroatoms. The molecule has 2 aromatic rings. The molecule has 0 unspecified atom stereocenters. The van der Waals surface area contributed by atoms with Crippen molar-refractivity contribution in [3.8, 4) is 0 Å².